The summed E-state index contributed by atoms with van der Waals surface area (Å²) < 4.78 is 12.9. The number of piperidine rings is 1. The van der Waals surface area contributed by atoms with Crippen LogP contribution in [-0.4, -0.2) is 59.5 Å². The second kappa shape index (κ2) is 8.04. The van der Waals surface area contributed by atoms with Gasteiger partial charge in [0.05, 0.1) is 18.0 Å². The van der Waals surface area contributed by atoms with Crippen LogP contribution < -0.4 is 10.6 Å². The van der Waals surface area contributed by atoms with Gasteiger partial charge in [-0.15, -0.1) is 0 Å². The minimum absolute atomic E-state index is 0.0270. The van der Waals surface area contributed by atoms with Crippen LogP contribution in [0.15, 0.2) is 24.3 Å². The van der Waals surface area contributed by atoms with E-state index in [4.69, 9.17) is 0 Å². The largest absolute Gasteiger partial charge is 0.481 e. The van der Waals surface area contributed by atoms with Gasteiger partial charge in [0.25, 0.3) is 0 Å². The maximum Gasteiger partial charge on any atom is 0.309 e. The van der Waals surface area contributed by atoms with Gasteiger partial charge in [0.1, 0.15) is 5.82 Å². The molecule has 1 aromatic rings. The maximum atomic E-state index is 12.9. The summed E-state index contributed by atoms with van der Waals surface area (Å²) in [6, 6.07) is 6.18. The Bertz CT molecular complexity index is 714. The Kier molecular flexibility index (Phi) is 5.74. The summed E-state index contributed by atoms with van der Waals surface area (Å²) >= 11 is 0. The minimum atomic E-state index is -0.944. The molecule has 27 heavy (non-hydrogen) atoms. The van der Waals surface area contributed by atoms with Gasteiger partial charge in [-0.1, -0.05) is 12.1 Å². The normalized spacial score (nSPS) is 21.8. The quantitative estimate of drug-likeness (QED) is 0.672. The molecule has 0 aliphatic carbocycles. The zero-order valence-corrected chi connectivity index (χ0v) is 15.0. The van der Waals surface area contributed by atoms with Crippen LogP contribution in [-0.2, 0) is 20.8 Å². The van der Waals surface area contributed by atoms with Crippen LogP contribution in [0.5, 0.6) is 0 Å². The molecule has 2 amide bonds. The molecule has 0 saturated carbocycles. The number of rotatable bonds is 6. The molecule has 2 fully saturated rings. The number of carbonyl (C=O) groups is 3. The molecule has 3 N–H and O–H groups in total. The third-order valence-corrected chi connectivity index (χ3v) is 5.51. The first-order chi connectivity index (χ1) is 12.9. The highest BCUT2D eigenvalue weighted by atomic mass is 19.1. The molecule has 2 saturated heterocycles. The number of carbonyl (C=O) groups excluding carboxylic acids is 2. The fourth-order valence-corrected chi connectivity index (χ4v) is 3.96. The molecular formula is C19H24FN3O4. The lowest BCUT2D eigenvalue weighted by molar-refractivity contribution is -0.145. The summed E-state index contributed by atoms with van der Waals surface area (Å²) in [5.41, 5.74) is 0.270. The van der Waals surface area contributed by atoms with Crippen molar-refractivity contribution in [1.82, 2.24) is 15.5 Å². The number of nitrogens with zero attached hydrogens (tertiary/aromatic N) is 1. The number of carboxylic acids is 1. The van der Waals surface area contributed by atoms with Gasteiger partial charge in [0, 0.05) is 26.1 Å². The summed E-state index contributed by atoms with van der Waals surface area (Å²) in [4.78, 5) is 37.2. The van der Waals surface area contributed by atoms with E-state index < -0.39 is 17.4 Å². The fraction of sp³-hybridized carbons (Fsp3) is 0.526. The highest BCUT2D eigenvalue weighted by Gasteiger charge is 2.51. The Morgan fingerprint density at radius 1 is 1.26 bits per heavy atom. The Morgan fingerprint density at radius 2 is 1.93 bits per heavy atom. The van der Waals surface area contributed by atoms with E-state index in [2.05, 4.69) is 10.6 Å². The van der Waals surface area contributed by atoms with E-state index in [0.717, 1.165) is 5.56 Å². The number of aliphatic carboxylic acids is 1. The molecule has 0 aromatic heterocycles. The van der Waals surface area contributed by atoms with Gasteiger partial charge in [0.15, 0.2) is 0 Å². The van der Waals surface area contributed by atoms with E-state index in [0.29, 0.717) is 38.9 Å². The Balaban J connectivity index is 1.42. The summed E-state index contributed by atoms with van der Waals surface area (Å²) in [5.74, 6) is -2.24. The molecule has 0 radical (unpaired) electrons. The molecule has 8 heteroatoms. The van der Waals surface area contributed by atoms with Crippen LogP contribution in [0.1, 0.15) is 24.8 Å². The SMILES string of the molecule is O=C(CN1CCC2(CC1)NC(=O)C[C@@H]2C(=O)O)NCCc1ccc(F)cc1. The number of hydrogen-bond acceptors (Lipinski definition) is 4. The van der Waals surface area contributed by atoms with E-state index in [1.54, 1.807) is 12.1 Å². The van der Waals surface area contributed by atoms with Gasteiger partial charge >= 0.3 is 5.97 Å². The van der Waals surface area contributed by atoms with Crippen molar-refractivity contribution in [1.29, 1.82) is 0 Å². The van der Waals surface area contributed by atoms with Crippen molar-refractivity contribution in [2.24, 2.45) is 5.92 Å². The van der Waals surface area contributed by atoms with Crippen LogP contribution >= 0.6 is 0 Å². The number of benzene rings is 1. The highest BCUT2D eigenvalue weighted by molar-refractivity contribution is 5.88. The van der Waals surface area contributed by atoms with Crippen LogP contribution in [0.3, 0.4) is 0 Å². The van der Waals surface area contributed by atoms with E-state index in [9.17, 15) is 23.9 Å². The average molecular weight is 377 g/mol. The molecular weight excluding hydrogens is 353 g/mol. The van der Waals surface area contributed by atoms with Gasteiger partial charge in [-0.25, -0.2) is 4.39 Å². The van der Waals surface area contributed by atoms with Crippen molar-refractivity contribution in [3.05, 3.63) is 35.6 Å². The van der Waals surface area contributed by atoms with E-state index >= 15 is 0 Å². The van der Waals surface area contributed by atoms with Crippen molar-refractivity contribution >= 4 is 17.8 Å². The van der Waals surface area contributed by atoms with Crippen molar-refractivity contribution in [2.45, 2.75) is 31.2 Å². The molecule has 146 valence electrons. The number of nitrogens with one attached hydrogen (secondary N) is 2. The molecule has 1 atom stereocenters. The van der Waals surface area contributed by atoms with Gasteiger partial charge in [-0.05, 0) is 37.0 Å². The predicted molar refractivity (Wildman–Crippen MR) is 95.4 cm³/mol. The molecule has 1 aromatic carbocycles. The first-order valence-electron chi connectivity index (χ1n) is 9.15. The summed E-state index contributed by atoms with van der Waals surface area (Å²) in [7, 11) is 0. The number of hydrogen-bond donors (Lipinski definition) is 3. The maximum absolute atomic E-state index is 12.9. The minimum Gasteiger partial charge on any atom is -0.481 e. The first-order valence-corrected chi connectivity index (χ1v) is 9.15. The lowest BCUT2D eigenvalue weighted by atomic mass is 9.78. The standard InChI is InChI=1S/C19H24FN3O4/c20-14-3-1-13(2-4-14)5-8-21-17(25)12-23-9-6-19(7-10-23)15(18(26)27)11-16(24)22-19/h1-4,15H,5-12H2,(H,21,25)(H,22,24)(H,26,27)/t15-/m1/s1. The average Bonchev–Trinajstić information content (AvgIpc) is 2.95. The van der Waals surface area contributed by atoms with Gasteiger partial charge < -0.3 is 15.7 Å². The molecule has 7 nitrogen and oxygen atoms in total. The van der Waals surface area contributed by atoms with Crippen LogP contribution in [0, 0.1) is 11.7 Å². The third kappa shape index (κ3) is 4.63. The zero-order chi connectivity index (χ0) is 19.4. The number of amides is 2. The zero-order valence-electron chi connectivity index (χ0n) is 15.0. The molecule has 3 rings (SSSR count). The summed E-state index contributed by atoms with van der Waals surface area (Å²) in [6.07, 6.45) is 1.71. The summed E-state index contributed by atoms with van der Waals surface area (Å²) in [6.45, 7) is 1.84. The second-order valence-electron chi connectivity index (χ2n) is 7.30. The van der Waals surface area contributed by atoms with E-state index in [1.807, 2.05) is 4.90 Å². The molecule has 2 aliphatic heterocycles. The smallest absolute Gasteiger partial charge is 0.309 e. The first kappa shape index (κ1) is 19.3. The van der Waals surface area contributed by atoms with Crippen LogP contribution in [0.2, 0.25) is 0 Å². The van der Waals surface area contributed by atoms with E-state index in [-0.39, 0.29) is 30.6 Å². The van der Waals surface area contributed by atoms with Gasteiger partial charge in [0.2, 0.25) is 11.8 Å². The molecule has 0 unspecified atom stereocenters. The predicted octanol–water partition coefficient (Wildman–Crippen LogP) is 0.540. The number of likely N-dealkylation sites (tertiary alicyclic amines) is 1. The monoisotopic (exact) mass is 377 g/mol. The summed E-state index contributed by atoms with van der Waals surface area (Å²) in [5, 5.41) is 15.1. The lowest BCUT2D eigenvalue weighted by Crippen LogP contribution is -2.56. The topological polar surface area (TPSA) is 98.7 Å². The molecule has 2 aliphatic rings. The third-order valence-electron chi connectivity index (χ3n) is 5.51. The van der Waals surface area contributed by atoms with Crippen molar-refractivity contribution in [3.63, 3.8) is 0 Å². The Morgan fingerprint density at radius 3 is 2.56 bits per heavy atom. The van der Waals surface area contributed by atoms with Crippen LogP contribution in [0.4, 0.5) is 4.39 Å². The van der Waals surface area contributed by atoms with Crippen molar-refractivity contribution in [3.8, 4) is 0 Å². The van der Waals surface area contributed by atoms with Gasteiger partial charge in [-0.2, -0.15) is 0 Å². The van der Waals surface area contributed by atoms with E-state index in [1.165, 1.54) is 12.1 Å². The number of halogens is 1. The Labute approximate surface area is 156 Å². The molecule has 1 spiro atoms. The lowest BCUT2D eigenvalue weighted by Gasteiger charge is -2.41. The van der Waals surface area contributed by atoms with Gasteiger partial charge in [-0.3, -0.25) is 19.3 Å². The Hall–Kier alpha value is -2.48. The number of carboxylic acid groups (broad SMARTS) is 1. The molecule has 0 bridgehead atoms. The van der Waals surface area contributed by atoms with Crippen molar-refractivity contribution < 1.29 is 23.9 Å². The van der Waals surface area contributed by atoms with Crippen molar-refractivity contribution in [2.75, 3.05) is 26.2 Å². The second-order valence-corrected chi connectivity index (χ2v) is 7.30. The van der Waals surface area contributed by atoms with Crippen LogP contribution in [0.25, 0.3) is 0 Å². The fourth-order valence-electron chi connectivity index (χ4n) is 3.96. The molecule has 2 heterocycles. The highest BCUT2D eigenvalue weighted by Crippen LogP contribution is 2.36.